The second-order valence-corrected chi connectivity index (χ2v) is 5.00. The van der Waals surface area contributed by atoms with Gasteiger partial charge in [-0.1, -0.05) is 19.4 Å². The van der Waals surface area contributed by atoms with Gasteiger partial charge >= 0.3 is 0 Å². The van der Waals surface area contributed by atoms with Crippen LogP contribution in [-0.2, 0) is 6.42 Å². The molecule has 1 aliphatic rings. The molecule has 106 valence electrons. The summed E-state index contributed by atoms with van der Waals surface area (Å²) in [7, 11) is 0. The number of hydrogen-bond acceptors (Lipinski definition) is 3. The van der Waals surface area contributed by atoms with Gasteiger partial charge in [-0.3, -0.25) is 0 Å². The molecule has 19 heavy (non-hydrogen) atoms. The van der Waals surface area contributed by atoms with Crippen LogP contribution in [0.4, 0.5) is 0 Å². The zero-order valence-electron chi connectivity index (χ0n) is 11.9. The van der Waals surface area contributed by atoms with Crippen molar-refractivity contribution in [2.75, 3.05) is 26.3 Å². The van der Waals surface area contributed by atoms with Crippen LogP contribution in [0.2, 0.25) is 0 Å². The van der Waals surface area contributed by atoms with Crippen LogP contribution < -0.4 is 14.8 Å². The van der Waals surface area contributed by atoms with E-state index in [1.807, 2.05) is 0 Å². The van der Waals surface area contributed by atoms with E-state index in [1.165, 1.54) is 24.8 Å². The first kappa shape index (κ1) is 14.2. The molecule has 0 atom stereocenters. The Kier molecular flexibility index (Phi) is 6.02. The maximum Gasteiger partial charge on any atom is 0.161 e. The first-order chi connectivity index (χ1) is 9.40. The number of fused-ring (bicyclic) bond motifs is 1. The van der Waals surface area contributed by atoms with E-state index in [-0.39, 0.29) is 0 Å². The Morgan fingerprint density at radius 1 is 1.05 bits per heavy atom. The lowest BCUT2D eigenvalue weighted by molar-refractivity contribution is 0.297. The molecule has 1 heterocycles. The summed E-state index contributed by atoms with van der Waals surface area (Å²) < 4.78 is 11.4. The van der Waals surface area contributed by atoms with E-state index in [2.05, 4.69) is 30.4 Å². The highest BCUT2D eigenvalue weighted by Gasteiger charge is 2.10. The first-order valence-corrected chi connectivity index (χ1v) is 7.49. The van der Waals surface area contributed by atoms with E-state index in [9.17, 15) is 0 Å². The normalized spacial score (nSPS) is 14.2. The Morgan fingerprint density at radius 2 is 1.89 bits per heavy atom. The van der Waals surface area contributed by atoms with Crippen molar-refractivity contribution in [3.63, 3.8) is 0 Å². The van der Waals surface area contributed by atoms with Crippen LogP contribution in [0.25, 0.3) is 0 Å². The van der Waals surface area contributed by atoms with Crippen molar-refractivity contribution < 1.29 is 9.47 Å². The third-order valence-corrected chi connectivity index (χ3v) is 3.38. The summed E-state index contributed by atoms with van der Waals surface area (Å²) in [5.74, 6) is 1.82. The summed E-state index contributed by atoms with van der Waals surface area (Å²) in [6.45, 7) is 5.88. The molecule has 0 saturated heterocycles. The standard InChI is InChI=1S/C16H25NO2/c1-2-17-10-5-3-4-7-14-8-9-15-16(13-14)19-12-6-11-18-15/h8-9,13,17H,2-7,10-12H2,1H3. The Balaban J connectivity index is 1.76. The summed E-state index contributed by atoms with van der Waals surface area (Å²) in [4.78, 5) is 0. The lowest BCUT2D eigenvalue weighted by Gasteiger charge is -2.09. The Morgan fingerprint density at radius 3 is 2.74 bits per heavy atom. The van der Waals surface area contributed by atoms with Gasteiger partial charge in [0.2, 0.25) is 0 Å². The van der Waals surface area contributed by atoms with Gasteiger partial charge < -0.3 is 14.8 Å². The van der Waals surface area contributed by atoms with Crippen LogP contribution in [0.1, 0.15) is 38.2 Å². The summed E-state index contributed by atoms with van der Waals surface area (Å²) >= 11 is 0. The van der Waals surface area contributed by atoms with Gasteiger partial charge in [-0.05, 0) is 50.0 Å². The Labute approximate surface area is 116 Å². The molecule has 0 aliphatic carbocycles. The van der Waals surface area contributed by atoms with Crippen LogP contribution in [0, 0.1) is 0 Å². The number of unbranched alkanes of at least 4 members (excludes halogenated alkanes) is 2. The minimum atomic E-state index is 0.761. The Bertz CT molecular complexity index is 379. The van der Waals surface area contributed by atoms with Gasteiger partial charge in [-0.15, -0.1) is 0 Å². The van der Waals surface area contributed by atoms with E-state index >= 15 is 0 Å². The fourth-order valence-corrected chi connectivity index (χ4v) is 2.30. The Hall–Kier alpha value is -1.22. The average molecular weight is 263 g/mol. The van der Waals surface area contributed by atoms with E-state index in [0.29, 0.717) is 0 Å². The molecule has 0 fully saturated rings. The van der Waals surface area contributed by atoms with E-state index in [0.717, 1.165) is 50.6 Å². The molecule has 0 bridgehead atoms. The SMILES string of the molecule is CCNCCCCCc1ccc2c(c1)OCCCO2. The lowest BCUT2D eigenvalue weighted by atomic mass is 10.1. The second kappa shape index (κ2) is 8.05. The molecule has 0 radical (unpaired) electrons. The highest BCUT2D eigenvalue weighted by Crippen LogP contribution is 2.30. The van der Waals surface area contributed by atoms with Gasteiger partial charge in [-0.2, -0.15) is 0 Å². The minimum Gasteiger partial charge on any atom is -0.490 e. The lowest BCUT2D eigenvalue weighted by Crippen LogP contribution is -2.13. The summed E-state index contributed by atoms with van der Waals surface area (Å²) in [5.41, 5.74) is 1.35. The smallest absolute Gasteiger partial charge is 0.161 e. The van der Waals surface area contributed by atoms with Crippen molar-refractivity contribution in [3.8, 4) is 11.5 Å². The van der Waals surface area contributed by atoms with Crippen molar-refractivity contribution in [1.29, 1.82) is 0 Å². The van der Waals surface area contributed by atoms with Crippen molar-refractivity contribution >= 4 is 0 Å². The van der Waals surface area contributed by atoms with Crippen molar-refractivity contribution in [2.45, 2.75) is 39.0 Å². The molecule has 1 aromatic rings. The van der Waals surface area contributed by atoms with Gasteiger partial charge in [0.15, 0.2) is 11.5 Å². The van der Waals surface area contributed by atoms with Gasteiger partial charge in [0, 0.05) is 6.42 Å². The molecule has 0 unspecified atom stereocenters. The molecule has 0 amide bonds. The minimum absolute atomic E-state index is 0.761. The van der Waals surface area contributed by atoms with Gasteiger partial charge in [0.05, 0.1) is 13.2 Å². The quantitative estimate of drug-likeness (QED) is 0.766. The number of rotatable bonds is 7. The predicted molar refractivity (Wildman–Crippen MR) is 78.1 cm³/mol. The highest BCUT2D eigenvalue weighted by molar-refractivity contribution is 5.43. The zero-order chi connectivity index (χ0) is 13.3. The number of hydrogen-bond donors (Lipinski definition) is 1. The summed E-state index contributed by atoms with van der Waals surface area (Å²) in [6.07, 6.45) is 5.88. The van der Waals surface area contributed by atoms with Crippen molar-refractivity contribution in [3.05, 3.63) is 23.8 Å². The second-order valence-electron chi connectivity index (χ2n) is 5.00. The summed E-state index contributed by atoms with van der Waals surface area (Å²) in [6, 6.07) is 6.36. The molecule has 1 N–H and O–H groups in total. The molecular weight excluding hydrogens is 238 g/mol. The average Bonchev–Trinajstić information content (AvgIpc) is 2.67. The van der Waals surface area contributed by atoms with Crippen LogP contribution in [0.5, 0.6) is 11.5 Å². The van der Waals surface area contributed by atoms with Crippen LogP contribution in [0.15, 0.2) is 18.2 Å². The number of aryl methyl sites for hydroxylation is 1. The summed E-state index contributed by atoms with van der Waals surface area (Å²) in [5, 5.41) is 3.36. The maximum absolute atomic E-state index is 5.71. The predicted octanol–water partition coefficient (Wildman–Crippen LogP) is 3.17. The molecule has 0 saturated carbocycles. The van der Waals surface area contributed by atoms with Gasteiger partial charge in [-0.25, -0.2) is 0 Å². The first-order valence-electron chi connectivity index (χ1n) is 7.49. The van der Waals surface area contributed by atoms with Crippen LogP contribution in [-0.4, -0.2) is 26.3 Å². The molecule has 3 nitrogen and oxygen atoms in total. The third-order valence-electron chi connectivity index (χ3n) is 3.38. The van der Waals surface area contributed by atoms with Crippen LogP contribution >= 0.6 is 0 Å². The van der Waals surface area contributed by atoms with Gasteiger partial charge in [0.1, 0.15) is 0 Å². The third kappa shape index (κ3) is 4.75. The molecular formula is C16H25NO2. The highest BCUT2D eigenvalue weighted by atomic mass is 16.5. The number of nitrogens with one attached hydrogen (secondary N) is 1. The fraction of sp³-hybridized carbons (Fsp3) is 0.625. The van der Waals surface area contributed by atoms with E-state index < -0.39 is 0 Å². The molecule has 0 aromatic heterocycles. The molecule has 0 spiro atoms. The molecule has 1 aromatic carbocycles. The van der Waals surface area contributed by atoms with Crippen molar-refractivity contribution in [2.24, 2.45) is 0 Å². The maximum atomic E-state index is 5.71. The van der Waals surface area contributed by atoms with E-state index in [4.69, 9.17) is 9.47 Å². The number of benzene rings is 1. The van der Waals surface area contributed by atoms with E-state index in [1.54, 1.807) is 0 Å². The molecule has 3 heteroatoms. The fourth-order valence-electron chi connectivity index (χ4n) is 2.30. The number of ether oxygens (including phenoxy) is 2. The van der Waals surface area contributed by atoms with Crippen LogP contribution in [0.3, 0.4) is 0 Å². The topological polar surface area (TPSA) is 30.5 Å². The largest absolute Gasteiger partial charge is 0.490 e. The van der Waals surface area contributed by atoms with Gasteiger partial charge in [0.25, 0.3) is 0 Å². The molecule has 2 rings (SSSR count). The van der Waals surface area contributed by atoms with Crippen molar-refractivity contribution in [1.82, 2.24) is 5.32 Å². The molecule has 1 aliphatic heterocycles. The monoisotopic (exact) mass is 263 g/mol. The zero-order valence-corrected chi connectivity index (χ0v) is 11.9.